The minimum absolute atomic E-state index is 0.873. The fourth-order valence-electron chi connectivity index (χ4n) is 3.10. The van der Waals surface area contributed by atoms with Gasteiger partial charge in [0.05, 0.1) is 10.7 Å². The average Bonchev–Trinajstić information content (AvgIpc) is 3.40. The second-order valence-corrected chi connectivity index (χ2v) is 9.87. The quantitative estimate of drug-likeness (QED) is 0.0867. The Labute approximate surface area is 257 Å². The number of aromatic amines is 1. The molecule has 0 spiro atoms. The monoisotopic (exact) mass is 626 g/mol. The topological polar surface area (TPSA) is 86.4 Å². The number of allylic oxidation sites excluding steroid dienone is 2. The van der Waals surface area contributed by atoms with E-state index in [0.29, 0.717) is 0 Å². The van der Waals surface area contributed by atoms with Crippen LogP contribution in [-0.4, -0.2) is 50.6 Å². The first-order valence-corrected chi connectivity index (χ1v) is 14.9. The number of nitrogens with one attached hydrogen (secondary N) is 4. The highest BCUT2D eigenvalue weighted by molar-refractivity contribution is 9.10. The molecule has 0 fully saturated rings. The fourth-order valence-corrected chi connectivity index (χ4v) is 3.49. The van der Waals surface area contributed by atoms with E-state index in [-0.39, 0.29) is 0 Å². The van der Waals surface area contributed by atoms with E-state index in [4.69, 9.17) is 4.74 Å². The maximum Gasteiger partial charge on any atom is 0.135 e. The number of aromatic nitrogens is 2. The summed E-state index contributed by atoms with van der Waals surface area (Å²) in [4.78, 5) is 3.25. The largest absolute Gasteiger partial charge is 0.457 e. The molecule has 4 N–H and O–H groups in total. The highest BCUT2D eigenvalue weighted by atomic mass is 79.9. The molecule has 1 heterocycles. The third-order valence-electron chi connectivity index (χ3n) is 5.40. The van der Waals surface area contributed by atoms with Gasteiger partial charge in [-0.25, -0.2) is 0 Å². The summed E-state index contributed by atoms with van der Waals surface area (Å²) in [6.07, 6.45) is 13.3. The van der Waals surface area contributed by atoms with Crippen LogP contribution in [-0.2, 0) is 0 Å². The molecule has 0 atom stereocenters. The van der Waals surface area contributed by atoms with Crippen LogP contribution in [0.4, 0.5) is 5.82 Å². The molecule has 3 aromatic rings. The number of H-pyrrole nitrogens is 1. The van der Waals surface area contributed by atoms with Gasteiger partial charge in [0.1, 0.15) is 17.3 Å². The van der Waals surface area contributed by atoms with Crippen molar-refractivity contribution in [2.24, 2.45) is 4.99 Å². The van der Waals surface area contributed by atoms with Crippen LogP contribution >= 0.6 is 15.9 Å². The first-order valence-electron chi connectivity index (χ1n) is 14.1. The van der Waals surface area contributed by atoms with Crippen molar-refractivity contribution in [3.63, 3.8) is 0 Å². The summed E-state index contributed by atoms with van der Waals surface area (Å²) >= 11 is 3.27. The lowest BCUT2D eigenvalue weighted by Gasteiger charge is -2.05. The molecule has 41 heavy (non-hydrogen) atoms. The summed E-state index contributed by atoms with van der Waals surface area (Å²) in [5.41, 5.74) is 2.59. The molecule has 0 aliphatic carbocycles. The second kappa shape index (κ2) is 26.8. The number of para-hydroxylation sites is 1. The van der Waals surface area contributed by atoms with E-state index in [2.05, 4.69) is 106 Å². The SMILES string of the molecule is C/C=C(\C)CN/C=C/CCCCCNCC.C=NC.CNc1[nH]ncc1Br.Cc1cccc(Oc2ccccc2)c1. The van der Waals surface area contributed by atoms with Gasteiger partial charge in [-0.15, -0.1) is 0 Å². The smallest absolute Gasteiger partial charge is 0.135 e. The molecule has 0 unspecified atom stereocenters. The molecule has 226 valence electrons. The van der Waals surface area contributed by atoms with Gasteiger partial charge in [-0.3, -0.25) is 5.10 Å². The Morgan fingerprint density at radius 3 is 2.37 bits per heavy atom. The normalized spacial score (nSPS) is 10.3. The second-order valence-electron chi connectivity index (χ2n) is 9.01. The van der Waals surface area contributed by atoms with Gasteiger partial charge in [-0.2, -0.15) is 5.10 Å². The third kappa shape index (κ3) is 22.1. The maximum atomic E-state index is 5.66. The van der Waals surface area contributed by atoms with Crippen molar-refractivity contribution in [3.05, 3.63) is 94.8 Å². The van der Waals surface area contributed by atoms with Crippen LogP contribution in [0.3, 0.4) is 0 Å². The van der Waals surface area contributed by atoms with E-state index in [9.17, 15) is 0 Å². The highest BCUT2D eigenvalue weighted by Gasteiger charge is 1.96. The van der Waals surface area contributed by atoms with Gasteiger partial charge in [0.25, 0.3) is 0 Å². The number of rotatable bonds is 13. The van der Waals surface area contributed by atoms with Crippen molar-refractivity contribution in [2.75, 3.05) is 39.0 Å². The summed E-state index contributed by atoms with van der Waals surface area (Å²) in [5, 5.41) is 16.0. The molecule has 0 saturated carbocycles. The summed E-state index contributed by atoms with van der Waals surface area (Å²) in [7, 11) is 3.47. The number of aliphatic imine (C=N–C) groups is 1. The van der Waals surface area contributed by atoms with E-state index >= 15 is 0 Å². The lowest BCUT2D eigenvalue weighted by molar-refractivity contribution is 0.482. The van der Waals surface area contributed by atoms with Gasteiger partial charge in [0, 0.05) is 20.6 Å². The number of halogens is 1. The number of nitrogens with zero attached hydrogens (tertiary/aromatic N) is 2. The molecule has 0 saturated heterocycles. The molecule has 3 rings (SSSR count). The molecular formula is C33H51BrN6O. The number of benzene rings is 2. The first-order chi connectivity index (χ1) is 19.9. The molecule has 8 heteroatoms. The lowest BCUT2D eigenvalue weighted by atomic mass is 10.2. The van der Waals surface area contributed by atoms with Gasteiger partial charge >= 0.3 is 0 Å². The standard InChI is InChI=1S/C14H28N2.C13H12O.C4H6BrN3.C2H5N/c1-4-14(3)13-16-12-10-8-6-7-9-11-15-5-2;1-11-6-5-9-13(10-11)14-12-7-3-2-4-8-12;1-6-4-3(5)2-7-8-4;1-3-2/h4,10,12,15-16H,5-9,11,13H2,1-3H3;2-10H,1H3;2H,1H3,(H2,6,7,8);1H2,2H3/b12-10+,14-4+;;;. The first kappa shape index (κ1) is 37.6. The van der Waals surface area contributed by atoms with Gasteiger partial charge in [0.2, 0.25) is 0 Å². The minimum Gasteiger partial charge on any atom is -0.457 e. The Bertz CT molecular complexity index is 1080. The van der Waals surface area contributed by atoms with Crippen LogP contribution in [0.15, 0.2) is 94.2 Å². The fraction of sp³-hybridized carbons (Fsp3) is 0.394. The van der Waals surface area contributed by atoms with Gasteiger partial charge in [-0.1, -0.05) is 61.4 Å². The molecule has 2 aromatic carbocycles. The van der Waals surface area contributed by atoms with Crippen LogP contribution < -0.4 is 20.7 Å². The van der Waals surface area contributed by atoms with E-state index in [1.54, 1.807) is 13.2 Å². The molecule has 0 radical (unpaired) electrons. The Morgan fingerprint density at radius 1 is 1.10 bits per heavy atom. The number of hydrogen-bond donors (Lipinski definition) is 4. The van der Waals surface area contributed by atoms with Crippen molar-refractivity contribution in [1.29, 1.82) is 0 Å². The average molecular weight is 628 g/mol. The van der Waals surface area contributed by atoms with E-state index in [0.717, 1.165) is 34.9 Å². The molecule has 7 nitrogen and oxygen atoms in total. The Morgan fingerprint density at radius 2 is 1.80 bits per heavy atom. The van der Waals surface area contributed by atoms with Crippen molar-refractivity contribution in [1.82, 2.24) is 20.8 Å². The Balaban J connectivity index is 0.000000580. The molecular weight excluding hydrogens is 576 g/mol. The van der Waals surface area contributed by atoms with Crippen molar-refractivity contribution < 1.29 is 4.74 Å². The van der Waals surface area contributed by atoms with E-state index < -0.39 is 0 Å². The van der Waals surface area contributed by atoms with Crippen LogP contribution in [0, 0.1) is 6.92 Å². The molecule has 0 bridgehead atoms. The summed E-state index contributed by atoms with van der Waals surface area (Å²) < 4.78 is 6.62. The summed E-state index contributed by atoms with van der Waals surface area (Å²) in [6.45, 7) is 14.8. The molecule has 1 aromatic heterocycles. The van der Waals surface area contributed by atoms with E-state index in [1.807, 2.05) is 55.6 Å². The van der Waals surface area contributed by atoms with Crippen LogP contribution in [0.1, 0.15) is 52.0 Å². The third-order valence-corrected chi connectivity index (χ3v) is 6.00. The number of ether oxygens (including phenoxy) is 1. The molecule has 0 aliphatic heterocycles. The maximum absolute atomic E-state index is 5.66. The van der Waals surface area contributed by atoms with E-state index in [1.165, 1.54) is 43.4 Å². The zero-order valence-electron chi connectivity index (χ0n) is 25.8. The van der Waals surface area contributed by atoms with Crippen molar-refractivity contribution >= 4 is 28.5 Å². The van der Waals surface area contributed by atoms with Crippen molar-refractivity contribution in [3.8, 4) is 11.5 Å². The summed E-state index contributed by atoms with van der Waals surface area (Å²) in [5.74, 6) is 2.67. The van der Waals surface area contributed by atoms with Crippen LogP contribution in [0.2, 0.25) is 0 Å². The zero-order chi connectivity index (χ0) is 30.6. The van der Waals surface area contributed by atoms with Crippen LogP contribution in [0.5, 0.6) is 11.5 Å². The molecule has 0 aliphatic rings. The predicted molar refractivity (Wildman–Crippen MR) is 183 cm³/mol. The molecule has 0 amide bonds. The number of anilines is 1. The number of hydrogen-bond acceptors (Lipinski definition) is 6. The number of aryl methyl sites for hydroxylation is 1. The number of unbranched alkanes of at least 4 members (excludes halogenated alkanes) is 3. The minimum atomic E-state index is 0.873. The zero-order valence-corrected chi connectivity index (χ0v) is 27.4. The van der Waals surface area contributed by atoms with Gasteiger partial charge < -0.3 is 25.7 Å². The highest BCUT2D eigenvalue weighted by Crippen LogP contribution is 2.21. The van der Waals surface area contributed by atoms with Gasteiger partial charge in [-0.05, 0) is 112 Å². The lowest BCUT2D eigenvalue weighted by Crippen LogP contribution is -2.13. The van der Waals surface area contributed by atoms with Crippen LogP contribution in [0.25, 0.3) is 0 Å². The van der Waals surface area contributed by atoms with Crippen molar-refractivity contribution in [2.45, 2.75) is 53.4 Å². The van der Waals surface area contributed by atoms with Gasteiger partial charge in [0.15, 0.2) is 0 Å². The predicted octanol–water partition coefficient (Wildman–Crippen LogP) is 8.54. The Hall–Kier alpha value is -3.36. The summed E-state index contributed by atoms with van der Waals surface area (Å²) in [6, 6.07) is 17.8. The Kier molecular flexibility index (Phi) is 24.6.